The first-order valence-corrected chi connectivity index (χ1v) is 26.2. The third-order valence-electron chi connectivity index (χ3n) is 13.5. The minimum absolute atomic E-state index is 0.0299. The highest BCUT2D eigenvalue weighted by Gasteiger charge is 2.54. The van der Waals surface area contributed by atoms with Crippen LogP contribution in [0.2, 0.25) is 0 Å². The SMILES string of the molecule is [N-]=[N+]=NC[C@@H]1C=C[C@@H](NC(=O)OCc2ccccc2)[C@@H](O[C@H]2[C@H](O[C@@H]3O[C@H](CO)[C@@H](O[C@H]4O[C@@H](CNC(=O)OCc5ccccc5)[C@@H](O)[C@H](O)[C@H]4NC(=O)OCc4ccccc4)[C@H]3O)[C@@H](O)CC[C@@H]2NC(=O)OCc2ccccc2)O1. The van der Waals surface area contributed by atoms with Crippen LogP contribution in [0, 0.1) is 0 Å². The molecular formula is C55H65N7O19. The van der Waals surface area contributed by atoms with Crippen LogP contribution in [0.25, 0.3) is 10.4 Å². The molecule has 0 unspecified atom stereocenters. The molecule has 4 amide bonds. The molecule has 4 aliphatic rings. The Morgan fingerprint density at radius 1 is 0.543 bits per heavy atom. The van der Waals surface area contributed by atoms with Crippen molar-refractivity contribution in [2.45, 2.75) is 137 Å². The summed E-state index contributed by atoms with van der Waals surface area (Å²) in [5, 5.41) is 71.6. The molecule has 1 saturated carbocycles. The molecule has 0 radical (unpaired) electrons. The average Bonchev–Trinajstić information content (AvgIpc) is 3.84. The molecule has 4 aromatic carbocycles. The van der Waals surface area contributed by atoms with Crippen molar-refractivity contribution in [3.05, 3.63) is 166 Å². The molecule has 3 heterocycles. The number of nitrogens with one attached hydrogen (secondary N) is 4. The van der Waals surface area contributed by atoms with E-state index in [2.05, 4.69) is 31.3 Å². The average molecular weight is 1130 g/mol. The van der Waals surface area contributed by atoms with Gasteiger partial charge in [-0.1, -0.05) is 139 Å². The fourth-order valence-corrected chi connectivity index (χ4v) is 9.35. The number of hydrogen-bond donors (Lipinski definition) is 9. The lowest BCUT2D eigenvalue weighted by Gasteiger charge is -2.44. The van der Waals surface area contributed by atoms with Gasteiger partial charge in [0.1, 0.15) is 87.3 Å². The van der Waals surface area contributed by atoms with Crippen LogP contribution in [0.3, 0.4) is 0 Å². The first-order valence-electron chi connectivity index (χ1n) is 26.2. The monoisotopic (exact) mass is 1130 g/mol. The number of carbonyl (C=O) groups excluding carboxylic acids is 4. The van der Waals surface area contributed by atoms with E-state index >= 15 is 0 Å². The van der Waals surface area contributed by atoms with Crippen LogP contribution in [0.5, 0.6) is 0 Å². The van der Waals surface area contributed by atoms with Crippen molar-refractivity contribution in [2.75, 3.05) is 19.7 Å². The van der Waals surface area contributed by atoms with Crippen molar-refractivity contribution < 1.29 is 92.1 Å². The van der Waals surface area contributed by atoms with Gasteiger partial charge in [0.15, 0.2) is 18.9 Å². The Balaban J connectivity index is 1.02. The lowest BCUT2D eigenvalue weighted by atomic mass is 9.87. The smallest absolute Gasteiger partial charge is 0.408 e. The maximum absolute atomic E-state index is 13.5. The molecule has 4 aromatic rings. The van der Waals surface area contributed by atoms with Crippen molar-refractivity contribution in [1.29, 1.82) is 0 Å². The zero-order valence-corrected chi connectivity index (χ0v) is 43.6. The first kappa shape index (κ1) is 59.7. The second kappa shape index (κ2) is 29.9. The number of aliphatic hydroxyl groups excluding tert-OH is 5. The fourth-order valence-electron chi connectivity index (χ4n) is 9.35. The second-order valence-corrected chi connectivity index (χ2v) is 19.2. The normalized spacial score (nSPS) is 29.7. The predicted octanol–water partition coefficient (Wildman–Crippen LogP) is 3.22. The predicted molar refractivity (Wildman–Crippen MR) is 279 cm³/mol. The Labute approximate surface area is 464 Å². The highest BCUT2D eigenvalue weighted by atomic mass is 16.8. The van der Waals surface area contributed by atoms with E-state index in [0.717, 1.165) is 0 Å². The number of benzene rings is 4. The summed E-state index contributed by atoms with van der Waals surface area (Å²) in [6.07, 6.45) is -20.9. The molecular weight excluding hydrogens is 1060 g/mol. The van der Waals surface area contributed by atoms with Crippen LogP contribution in [0.4, 0.5) is 19.2 Å². The van der Waals surface area contributed by atoms with Gasteiger partial charge in [0, 0.05) is 11.5 Å². The van der Waals surface area contributed by atoms with Gasteiger partial charge < -0.3 is 94.2 Å². The van der Waals surface area contributed by atoms with Gasteiger partial charge in [-0.05, 0) is 40.6 Å². The Morgan fingerprint density at radius 2 is 1.04 bits per heavy atom. The standard InChI is InChI=1S/C55H65N7O19/c56-62-58-25-36-21-22-38(60-54(70)74-30-34-17-9-3-10-18-34)49(76-36)79-46-37(59-53(69)73-29-33-15-7-2-8-16-33)23-24-39(64)47(46)80-51-45(67)48(41(27-63)78-51)81-50-42(61-55(71)75-31-35-19-11-4-12-20-35)44(66)43(65)40(77-50)26-57-52(68)72-28-32-13-5-1-6-14-32/h1-22,36-51,63-67H,23-31H2,(H,57,68)(H,59,69)(H,60,70)(H,61,71)/t36-,37-,38+,39-,40-,41+,42+,43+,44+,45+,46+,47+,48+,49+,50+,51-/m0/s1. The number of aliphatic hydroxyl groups is 5. The third-order valence-corrected chi connectivity index (χ3v) is 13.5. The summed E-state index contributed by atoms with van der Waals surface area (Å²) in [5.74, 6) is 0. The summed E-state index contributed by atoms with van der Waals surface area (Å²) in [6, 6.07) is 31.5. The Kier molecular flexibility index (Phi) is 22.0. The summed E-state index contributed by atoms with van der Waals surface area (Å²) < 4.78 is 59.4. The highest BCUT2D eigenvalue weighted by Crippen LogP contribution is 2.35. The zero-order chi connectivity index (χ0) is 57.1. The molecule has 3 aliphatic heterocycles. The number of ether oxygens (including phenoxy) is 10. The highest BCUT2D eigenvalue weighted by molar-refractivity contribution is 5.69. The van der Waals surface area contributed by atoms with Gasteiger partial charge in [0.25, 0.3) is 0 Å². The molecule has 16 atom stereocenters. The van der Waals surface area contributed by atoms with Gasteiger partial charge in [-0.3, -0.25) is 0 Å². The molecule has 8 rings (SSSR count). The van der Waals surface area contributed by atoms with Gasteiger partial charge in [-0.2, -0.15) is 0 Å². The van der Waals surface area contributed by atoms with E-state index in [4.69, 9.17) is 52.9 Å². The fraction of sp³-hybridized carbons (Fsp3) is 0.455. The third kappa shape index (κ3) is 17.1. The first-order chi connectivity index (χ1) is 39.3. The van der Waals surface area contributed by atoms with Crippen molar-refractivity contribution in [3.8, 4) is 0 Å². The van der Waals surface area contributed by atoms with E-state index in [1.165, 1.54) is 12.2 Å². The number of hydrogen-bond acceptors (Lipinski definition) is 20. The number of alkyl carbamates (subject to hydrolysis) is 4. The second-order valence-electron chi connectivity index (χ2n) is 19.2. The van der Waals surface area contributed by atoms with Gasteiger partial charge in [-0.25, -0.2) is 19.2 Å². The Bertz CT molecular complexity index is 2700. The van der Waals surface area contributed by atoms with Gasteiger partial charge in [-0.15, -0.1) is 0 Å². The molecule has 2 saturated heterocycles. The van der Waals surface area contributed by atoms with Crippen LogP contribution in [0.1, 0.15) is 35.1 Å². The van der Waals surface area contributed by atoms with E-state index in [1.54, 1.807) is 115 Å². The van der Waals surface area contributed by atoms with Crippen molar-refractivity contribution >= 4 is 24.4 Å². The summed E-state index contributed by atoms with van der Waals surface area (Å²) >= 11 is 0. The van der Waals surface area contributed by atoms with E-state index < -0.39 is 136 Å². The van der Waals surface area contributed by atoms with E-state index in [0.29, 0.717) is 22.3 Å². The maximum Gasteiger partial charge on any atom is 0.408 e. The van der Waals surface area contributed by atoms with Gasteiger partial charge >= 0.3 is 24.4 Å². The topological polar surface area (TPSA) is 359 Å². The molecule has 434 valence electrons. The lowest BCUT2D eigenvalue weighted by Crippen LogP contribution is -2.66. The minimum atomic E-state index is -1.88. The number of rotatable bonds is 22. The van der Waals surface area contributed by atoms with E-state index in [-0.39, 0.29) is 45.8 Å². The summed E-state index contributed by atoms with van der Waals surface area (Å²) in [7, 11) is 0. The maximum atomic E-state index is 13.5. The summed E-state index contributed by atoms with van der Waals surface area (Å²) in [4.78, 5) is 55.7. The van der Waals surface area contributed by atoms with Crippen molar-refractivity contribution in [3.63, 3.8) is 0 Å². The molecule has 26 heteroatoms. The molecule has 26 nitrogen and oxygen atoms in total. The Hall–Kier alpha value is -7.43. The summed E-state index contributed by atoms with van der Waals surface area (Å²) in [5.41, 5.74) is 11.8. The molecule has 81 heavy (non-hydrogen) atoms. The molecule has 0 bridgehead atoms. The molecule has 1 aliphatic carbocycles. The summed E-state index contributed by atoms with van der Waals surface area (Å²) in [6.45, 7) is -1.96. The minimum Gasteiger partial charge on any atom is -0.445 e. The number of azide groups is 1. The lowest BCUT2D eigenvalue weighted by molar-refractivity contribution is -0.286. The Morgan fingerprint density at radius 3 is 1.58 bits per heavy atom. The van der Waals surface area contributed by atoms with Crippen LogP contribution in [0.15, 0.2) is 139 Å². The van der Waals surface area contributed by atoms with Crippen LogP contribution >= 0.6 is 0 Å². The number of nitrogens with zero attached hydrogens (tertiary/aromatic N) is 3. The van der Waals surface area contributed by atoms with Gasteiger partial charge in [0.05, 0.1) is 31.4 Å². The van der Waals surface area contributed by atoms with Crippen molar-refractivity contribution in [1.82, 2.24) is 21.3 Å². The quantitative estimate of drug-likeness (QED) is 0.0179. The van der Waals surface area contributed by atoms with E-state index in [9.17, 15) is 44.7 Å². The number of amides is 4. The number of carbonyl (C=O) groups is 4. The largest absolute Gasteiger partial charge is 0.445 e. The van der Waals surface area contributed by atoms with Crippen LogP contribution in [-0.2, 0) is 73.8 Å². The molecule has 9 N–H and O–H groups in total. The molecule has 0 aromatic heterocycles. The molecule has 0 spiro atoms. The zero-order valence-electron chi connectivity index (χ0n) is 43.6. The van der Waals surface area contributed by atoms with E-state index in [1.807, 2.05) is 6.07 Å². The van der Waals surface area contributed by atoms with Crippen LogP contribution < -0.4 is 21.3 Å². The van der Waals surface area contributed by atoms with Gasteiger partial charge in [0.2, 0.25) is 0 Å². The molecule has 3 fully saturated rings. The van der Waals surface area contributed by atoms with Crippen molar-refractivity contribution in [2.24, 2.45) is 5.11 Å². The van der Waals surface area contributed by atoms with Crippen LogP contribution in [-0.4, -0.2) is 168 Å².